The molecule has 98 valence electrons. The van der Waals surface area contributed by atoms with Crippen molar-refractivity contribution in [1.29, 1.82) is 0 Å². The minimum atomic E-state index is -0.894. The SMILES string of the molecule is CC1(C)OCC(C[C@H]2CCCOC2)N1C(=O)O. The molecule has 0 aromatic carbocycles. The fourth-order valence-corrected chi connectivity index (χ4v) is 2.82. The molecular formula is C12H21NO4. The van der Waals surface area contributed by atoms with Crippen LogP contribution in [-0.2, 0) is 9.47 Å². The number of ether oxygens (including phenoxy) is 2. The number of rotatable bonds is 2. The number of carbonyl (C=O) groups is 1. The molecule has 0 spiro atoms. The van der Waals surface area contributed by atoms with E-state index >= 15 is 0 Å². The maximum Gasteiger partial charge on any atom is 0.409 e. The highest BCUT2D eigenvalue weighted by Crippen LogP contribution is 2.32. The van der Waals surface area contributed by atoms with Crippen LogP contribution in [0.1, 0.15) is 33.1 Å². The number of hydrogen-bond acceptors (Lipinski definition) is 3. The van der Waals surface area contributed by atoms with Gasteiger partial charge in [0.1, 0.15) is 5.72 Å². The zero-order valence-corrected chi connectivity index (χ0v) is 10.5. The molecule has 0 aromatic heterocycles. The Labute approximate surface area is 102 Å². The molecular weight excluding hydrogens is 222 g/mol. The van der Waals surface area contributed by atoms with Crippen molar-refractivity contribution in [2.75, 3.05) is 19.8 Å². The van der Waals surface area contributed by atoms with Gasteiger partial charge in [-0.2, -0.15) is 0 Å². The molecule has 0 aromatic rings. The first kappa shape index (κ1) is 12.6. The third kappa shape index (κ3) is 2.72. The third-order valence-electron chi connectivity index (χ3n) is 3.64. The van der Waals surface area contributed by atoms with Gasteiger partial charge in [-0.1, -0.05) is 0 Å². The van der Waals surface area contributed by atoms with Crippen LogP contribution in [0, 0.1) is 5.92 Å². The summed E-state index contributed by atoms with van der Waals surface area (Å²) in [4.78, 5) is 12.7. The van der Waals surface area contributed by atoms with Crippen LogP contribution in [0.5, 0.6) is 0 Å². The van der Waals surface area contributed by atoms with Gasteiger partial charge in [0, 0.05) is 13.2 Å². The molecule has 17 heavy (non-hydrogen) atoms. The minimum absolute atomic E-state index is 0.0331. The Balaban J connectivity index is 1.97. The Bertz CT molecular complexity index is 286. The highest BCUT2D eigenvalue weighted by atomic mass is 16.5. The molecule has 1 unspecified atom stereocenters. The fraction of sp³-hybridized carbons (Fsp3) is 0.917. The first-order chi connectivity index (χ1) is 8.00. The van der Waals surface area contributed by atoms with Crippen molar-refractivity contribution in [1.82, 2.24) is 4.90 Å². The molecule has 2 heterocycles. The first-order valence-corrected chi connectivity index (χ1v) is 6.24. The van der Waals surface area contributed by atoms with Crippen molar-refractivity contribution in [2.45, 2.75) is 44.9 Å². The van der Waals surface area contributed by atoms with Crippen molar-refractivity contribution >= 4 is 6.09 Å². The van der Waals surface area contributed by atoms with Crippen molar-refractivity contribution in [3.8, 4) is 0 Å². The summed E-state index contributed by atoms with van der Waals surface area (Å²) < 4.78 is 11.0. The molecule has 0 aliphatic carbocycles. The first-order valence-electron chi connectivity index (χ1n) is 6.24. The van der Waals surface area contributed by atoms with Crippen LogP contribution in [0.25, 0.3) is 0 Å². The highest BCUT2D eigenvalue weighted by Gasteiger charge is 2.44. The van der Waals surface area contributed by atoms with Crippen LogP contribution in [0.2, 0.25) is 0 Å². The second-order valence-electron chi connectivity index (χ2n) is 5.38. The predicted molar refractivity (Wildman–Crippen MR) is 61.8 cm³/mol. The van der Waals surface area contributed by atoms with Crippen LogP contribution in [0.15, 0.2) is 0 Å². The van der Waals surface area contributed by atoms with Crippen molar-refractivity contribution in [3.63, 3.8) is 0 Å². The van der Waals surface area contributed by atoms with Gasteiger partial charge in [-0.15, -0.1) is 0 Å². The lowest BCUT2D eigenvalue weighted by Crippen LogP contribution is -2.48. The molecule has 2 fully saturated rings. The summed E-state index contributed by atoms with van der Waals surface area (Å²) in [5.41, 5.74) is -0.702. The quantitative estimate of drug-likeness (QED) is 0.805. The van der Waals surface area contributed by atoms with Gasteiger partial charge >= 0.3 is 6.09 Å². The Kier molecular flexibility index (Phi) is 3.58. The average Bonchev–Trinajstić information content (AvgIpc) is 2.55. The lowest BCUT2D eigenvalue weighted by molar-refractivity contribution is -0.0433. The van der Waals surface area contributed by atoms with E-state index < -0.39 is 11.8 Å². The zero-order valence-electron chi connectivity index (χ0n) is 10.5. The maximum absolute atomic E-state index is 11.3. The van der Waals surface area contributed by atoms with E-state index in [0.717, 1.165) is 32.5 Å². The van der Waals surface area contributed by atoms with E-state index in [4.69, 9.17) is 9.47 Å². The van der Waals surface area contributed by atoms with E-state index in [1.807, 2.05) is 0 Å². The predicted octanol–water partition coefficient (Wildman–Crippen LogP) is 1.92. The van der Waals surface area contributed by atoms with E-state index in [9.17, 15) is 9.90 Å². The largest absolute Gasteiger partial charge is 0.465 e. The van der Waals surface area contributed by atoms with E-state index in [-0.39, 0.29) is 6.04 Å². The van der Waals surface area contributed by atoms with E-state index in [2.05, 4.69) is 0 Å². The summed E-state index contributed by atoms with van der Waals surface area (Å²) in [6.45, 7) is 5.70. The van der Waals surface area contributed by atoms with Gasteiger partial charge < -0.3 is 14.6 Å². The Morgan fingerprint density at radius 1 is 1.47 bits per heavy atom. The van der Waals surface area contributed by atoms with Crippen LogP contribution in [0.4, 0.5) is 4.79 Å². The van der Waals surface area contributed by atoms with Crippen molar-refractivity contribution in [3.05, 3.63) is 0 Å². The molecule has 2 saturated heterocycles. The molecule has 0 radical (unpaired) electrons. The van der Waals surface area contributed by atoms with Crippen molar-refractivity contribution < 1.29 is 19.4 Å². The lowest BCUT2D eigenvalue weighted by Gasteiger charge is -2.33. The van der Waals surface area contributed by atoms with Crippen LogP contribution in [-0.4, -0.2) is 47.7 Å². The molecule has 5 heteroatoms. The van der Waals surface area contributed by atoms with Crippen LogP contribution in [0.3, 0.4) is 0 Å². The molecule has 2 aliphatic heterocycles. The highest BCUT2D eigenvalue weighted by molar-refractivity contribution is 5.66. The van der Waals surface area contributed by atoms with Gasteiger partial charge in [0.25, 0.3) is 0 Å². The Morgan fingerprint density at radius 3 is 2.82 bits per heavy atom. The minimum Gasteiger partial charge on any atom is -0.465 e. The van der Waals surface area contributed by atoms with Crippen molar-refractivity contribution in [2.24, 2.45) is 5.92 Å². The maximum atomic E-state index is 11.3. The second kappa shape index (κ2) is 4.82. The Morgan fingerprint density at radius 2 is 2.24 bits per heavy atom. The summed E-state index contributed by atoms with van der Waals surface area (Å²) >= 11 is 0. The van der Waals surface area contributed by atoms with Gasteiger partial charge in [0.05, 0.1) is 12.6 Å². The number of nitrogens with zero attached hydrogens (tertiary/aromatic N) is 1. The zero-order chi connectivity index (χ0) is 12.5. The number of carboxylic acid groups (broad SMARTS) is 1. The molecule has 2 atom stereocenters. The average molecular weight is 243 g/mol. The van der Waals surface area contributed by atoms with Crippen LogP contribution >= 0.6 is 0 Å². The molecule has 1 N–H and O–H groups in total. The molecule has 0 saturated carbocycles. The summed E-state index contributed by atoms with van der Waals surface area (Å²) in [6.07, 6.45) is 2.16. The molecule has 2 rings (SSSR count). The van der Waals surface area contributed by atoms with E-state index in [1.54, 1.807) is 13.8 Å². The summed E-state index contributed by atoms with van der Waals surface area (Å²) in [7, 11) is 0. The van der Waals surface area contributed by atoms with E-state index in [1.165, 1.54) is 4.90 Å². The fourth-order valence-electron chi connectivity index (χ4n) is 2.82. The molecule has 0 bridgehead atoms. The lowest BCUT2D eigenvalue weighted by atomic mass is 9.94. The van der Waals surface area contributed by atoms with Crippen LogP contribution < -0.4 is 0 Å². The molecule has 2 aliphatic rings. The second-order valence-corrected chi connectivity index (χ2v) is 5.38. The Hall–Kier alpha value is -0.810. The topological polar surface area (TPSA) is 59.0 Å². The summed E-state index contributed by atoms with van der Waals surface area (Å²) in [6, 6.07) is -0.0331. The van der Waals surface area contributed by atoms with E-state index in [0.29, 0.717) is 12.5 Å². The molecule has 5 nitrogen and oxygen atoms in total. The summed E-state index contributed by atoms with van der Waals surface area (Å²) in [5.74, 6) is 0.466. The smallest absolute Gasteiger partial charge is 0.409 e. The van der Waals surface area contributed by atoms with Gasteiger partial charge in [0.2, 0.25) is 0 Å². The monoisotopic (exact) mass is 243 g/mol. The van der Waals surface area contributed by atoms with Gasteiger partial charge in [-0.05, 0) is 39.0 Å². The standard InChI is InChI=1S/C12H21NO4/c1-12(2)13(11(14)15)10(8-17-12)6-9-4-3-5-16-7-9/h9-10H,3-8H2,1-2H3,(H,14,15)/t9-,10?/m1/s1. The van der Waals surface area contributed by atoms with Gasteiger partial charge in [-0.3, -0.25) is 4.90 Å². The number of hydrogen-bond donors (Lipinski definition) is 1. The molecule has 1 amide bonds. The third-order valence-corrected chi connectivity index (χ3v) is 3.64. The normalized spacial score (nSPS) is 32.7. The van der Waals surface area contributed by atoms with Gasteiger partial charge in [-0.25, -0.2) is 4.79 Å². The summed E-state index contributed by atoms with van der Waals surface area (Å²) in [5, 5.41) is 9.26. The number of amides is 1. The van der Waals surface area contributed by atoms with Gasteiger partial charge in [0.15, 0.2) is 0 Å².